The van der Waals surface area contributed by atoms with Crippen molar-refractivity contribution in [3.8, 4) is 0 Å². The fraction of sp³-hybridized carbons (Fsp3) is 0.867. The van der Waals surface area contributed by atoms with E-state index >= 15 is 0 Å². The van der Waals surface area contributed by atoms with E-state index in [1.54, 1.807) is 0 Å². The highest BCUT2D eigenvalue weighted by Gasteiger charge is 2.42. The molecule has 2 atom stereocenters. The molecule has 2 fully saturated rings. The summed E-state index contributed by atoms with van der Waals surface area (Å²) in [5.74, 6) is -0.768. The van der Waals surface area contributed by atoms with Gasteiger partial charge >= 0.3 is 12.0 Å². The predicted molar refractivity (Wildman–Crippen MR) is 76.5 cm³/mol. The van der Waals surface area contributed by atoms with Gasteiger partial charge in [-0.2, -0.15) is 0 Å². The van der Waals surface area contributed by atoms with Gasteiger partial charge in [0.15, 0.2) is 0 Å². The standard InChI is InChI=1S/C15H26N2O3/c1-11-6-5-7-12(2)17(11)14(20)16-10-15(13(18)19)8-3-4-9-15/h11-12H,3-10H2,1-2H3,(H,16,20)(H,18,19)/t11-,12+. The van der Waals surface area contributed by atoms with Crippen molar-refractivity contribution in [3.05, 3.63) is 0 Å². The van der Waals surface area contributed by atoms with Crippen molar-refractivity contribution >= 4 is 12.0 Å². The summed E-state index contributed by atoms with van der Waals surface area (Å²) in [5, 5.41) is 12.3. The van der Waals surface area contributed by atoms with E-state index in [1.807, 2.05) is 4.90 Å². The highest BCUT2D eigenvalue weighted by atomic mass is 16.4. The summed E-state index contributed by atoms with van der Waals surface area (Å²) >= 11 is 0. The number of rotatable bonds is 3. The molecule has 2 aliphatic rings. The molecule has 2 N–H and O–H groups in total. The lowest BCUT2D eigenvalue weighted by Gasteiger charge is -2.39. The minimum Gasteiger partial charge on any atom is -0.481 e. The predicted octanol–water partition coefficient (Wildman–Crippen LogP) is 2.60. The number of hydrogen-bond donors (Lipinski definition) is 2. The smallest absolute Gasteiger partial charge is 0.317 e. The number of carboxylic acids is 1. The number of amides is 2. The van der Waals surface area contributed by atoms with Crippen molar-refractivity contribution < 1.29 is 14.7 Å². The van der Waals surface area contributed by atoms with Gasteiger partial charge in [0, 0.05) is 18.6 Å². The maximum atomic E-state index is 12.4. The summed E-state index contributed by atoms with van der Waals surface area (Å²) < 4.78 is 0. The maximum absolute atomic E-state index is 12.4. The third-order valence-electron chi connectivity index (χ3n) is 5.02. The number of nitrogens with one attached hydrogen (secondary N) is 1. The van der Waals surface area contributed by atoms with E-state index in [0.717, 1.165) is 32.1 Å². The summed E-state index contributed by atoms with van der Waals surface area (Å²) in [5.41, 5.74) is -0.738. The SMILES string of the molecule is C[C@@H]1CCC[C@H](C)N1C(=O)NCC1(C(=O)O)CCCC1. The second kappa shape index (κ2) is 6.02. The van der Waals surface area contributed by atoms with Crippen LogP contribution in [0.5, 0.6) is 0 Å². The molecule has 0 unspecified atom stereocenters. The fourth-order valence-electron chi connectivity index (χ4n) is 3.68. The number of hydrogen-bond acceptors (Lipinski definition) is 2. The lowest BCUT2D eigenvalue weighted by Crippen LogP contribution is -2.54. The number of carbonyl (C=O) groups is 2. The Kier molecular flexibility index (Phi) is 4.55. The molecule has 2 amide bonds. The fourth-order valence-corrected chi connectivity index (χ4v) is 3.68. The summed E-state index contributed by atoms with van der Waals surface area (Å²) in [7, 11) is 0. The molecule has 0 aromatic carbocycles. The zero-order valence-corrected chi connectivity index (χ0v) is 12.5. The number of piperidine rings is 1. The van der Waals surface area contributed by atoms with Crippen LogP contribution in [0.25, 0.3) is 0 Å². The first-order valence-corrected chi connectivity index (χ1v) is 7.76. The quantitative estimate of drug-likeness (QED) is 0.836. The summed E-state index contributed by atoms with van der Waals surface area (Å²) in [6.45, 7) is 4.40. The van der Waals surface area contributed by atoms with E-state index in [1.165, 1.54) is 0 Å². The van der Waals surface area contributed by atoms with Gasteiger partial charge in [0.2, 0.25) is 0 Å². The molecule has 5 nitrogen and oxygen atoms in total. The van der Waals surface area contributed by atoms with E-state index in [0.29, 0.717) is 12.8 Å². The lowest BCUT2D eigenvalue weighted by atomic mass is 9.86. The monoisotopic (exact) mass is 282 g/mol. The van der Waals surface area contributed by atoms with E-state index < -0.39 is 11.4 Å². The van der Waals surface area contributed by atoms with E-state index in [2.05, 4.69) is 19.2 Å². The Balaban J connectivity index is 1.95. The zero-order valence-electron chi connectivity index (χ0n) is 12.5. The van der Waals surface area contributed by atoms with Crippen LogP contribution in [0.1, 0.15) is 58.8 Å². The van der Waals surface area contributed by atoms with Crippen LogP contribution in [0.15, 0.2) is 0 Å². The largest absolute Gasteiger partial charge is 0.481 e. The topological polar surface area (TPSA) is 69.6 Å². The molecule has 1 saturated carbocycles. The molecule has 1 saturated heterocycles. The molecule has 0 radical (unpaired) electrons. The molecule has 20 heavy (non-hydrogen) atoms. The van der Waals surface area contributed by atoms with E-state index in [4.69, 9.17) is 0 Å². The maximum Gasteiger partial charge on any atom is 0.317 e. The van der Waals surface area contributed by atoms with Gasteiger partial charge in [0.1, 0.15) is 0 Å². The van der Waals surface area contributed by atoms with Crippen LogP contribution in [-0.4, -0.2) is 40.6 Å². The van der Waals surface area contributed by atoms with Crippen LogP contribution in [0.3, 0.4) is 0 Å². The first kappa shape index (κ1) is 15.1. The number of carboxylic acid groups (broad SMARTS) is 1. The first-order valence-electron chi connectivity index (χ1n) is 7.76. The van der Waals surface area contributed by atoms with E-state index in [9.17, 15) is 14.7 Å². The van der Waals surface area contributed by atoms with Crippen LogP contribution in [0.2, 0.25) is 0 Å². The molecule has 0 spiro atoms. The van der Waals surface area contributed by atoms with Crippen molar-refractivity contribution in [2.45, 2.75) is 70.9 Å². The van der Waals surface area contributed by atoms with Gasteiger partial charge in [-0.1, -0.05) is 12.8 Å². The van der Waals surface area contributed by atoms with Crippen LogP contribution in [0, 0.1) is 5.41 Å². The third-order valence-corrected chi connectivity index (χ3v) is 5.02. The molecule has 1 aliphatic carbocycles. The average molecular weight is 282 g/mol. The van der Waals surface area contributed by atoms with Crippen molar-refractivity contribution in [1.82, 2.24) is 10.2 Å². The molecule has 0 bridgehead atoms. The highest BCUT2D eigenvalue weighted by Crippen LogP contribution is 2.37. The first-order chi connectivity index (χ1) is 9.46. The minimum absolute atomic E-state index is 0.0998. The molecule has 5 heteroatoms. The second-order valence-corrected chi connectivity index (χ2v) is 6.49. The van der Waals surface area contributed by atoms with Gasteiger partial charge < -0.3 is 15.3 Å². The lowest BCUT2D eigenvalue weighted by molar-refractivity contribution is -0.148. The molecular formula is C15H26N2O3. The van der Waals surface area contributed by atoms with Crippen LogP contribution < -0.4 is 5.32 Å². The Bertz CT molecular complexity index is 367. The van der Waals surface area contributed by atoms with Crippen LogP contribution in [0.4, 0.5) is 4.79 Å². The van der Waals surface area contributed by atoms with Crippen LogP contribution in [-0.2, 0) is 4.79 Å². The van der Waals surface area contributed by atoms with Gasteiger partial charge in [-0.25, -0.2) is 4.79 Å². The molecular weight excluding hydrogens is 256 g/mol. The van der Waals surface area contributed by atoms with Crippen LogP contribution >= 0.6 is 0 Å². The van der Waals surface area contributed by atoms with Gasteiger partial charge in [-0.15, -0.1) is 0 Å². The number of carbonyl (C=O) groups excluding carboxylic acids is 1. The van der Waals surface area contributed by atoms with Gasteiger partial charge in [-0.3, -0.25) is 4.79 Å². The Morgan fingerprint density at radius 1 is 1.15 bits per heavy atom. The van der Waals surface area contributed by atoms with Crippen molar-refractivity contribution in [3.63, 3.8) is 0 Å². The highest BCUT2D eigenvalue weighted by molar-refractivity contribution is 5.78. The Labute approximate surface area is 120 Å². The van der Waals surface area contributed by atoms with Crippen molar-refractivity contribution in [1.29, 1.82) is 0 Å². The number of aliphatic carboxylic acids is 1. The number of likely N-dealkylation sites (tertiary alicyclic amines) is 1. The van der Waals surface area contributed by atoms with Crippen molar-refractivity contribution in [2.75, 3.05) is 6.54 Å². The number of urea groups is 1. The summed E-state index contributed by atoms with van der Waals surface area (Å²) in [6.07, 6.45) is 6.45. The average Bonchev–Trinajstić information content (AvgIpc) is 2.86. The second-order valence-electron chi connectivity index (χ2n) is 6.49. The zero-order chi connectivity index (χ0) is 14.8. The Morgan fingerprint density at radius 2 is 1.70 bits per heavy atom. The van der Waals surface area contributed by atoms with Gasteiger partial charge in [0.25, 0.3) is 0 Å². The molecule has 114 valence electrons. The third kappa shape index (κ3) is 2.91. The van der Waals surface area contributed by atoms with Gasteiger partial charge in [-0.05, 0) is 46.0 Å². The minimum atomic E-state index is -0.768. The van der Waals surface area contributed by atoms with Crippen molar-refractivity contribution in [2.24, 2.45) is 5.41 Å². The Hall–Kier alpha value is -1.26. The molecule has 2 rings (SSSR count). The summed E-state index contributed by atoms with van der Waals surface area (Å²) in [4.78, 5) is 25.7. The molecule has 0 aromatic heterocycles. The van der Waals surface area contributed by atoms with E-state index in [-0.39, 0.29) is 24.7 Å². The Morgan fingerprint density at radius 3 is 2.20 bits per heavy atom. The molecule has 0 aromatic rings. The number of nitrogens with zero attached hydrogens (tertiary/aromatic N) is 1. The molecule has 1 aliphatic heterocycles. The van der Waals surface area contributed by atoms with Gasteiger partial charge in [0.05, 0.1) is 5.41 Å². The molecule has 1 heterocycles. The summed E-state index contributed by atoms with van der Waals surface area (Å²) in [6, 6.07) is 0.378. The normalized spacial score (nSPS) is 29.2.